The molecular weight excluding hydrogens is 364 g/mol. The van der Waals surface area contributed by atoms with Crippen LogP contribution in [0.2, 0.25) is 5.02 Å². The van der Waals surface area contributed by atoms with Crippen LogP contribution in [0.3, 0.4) is 0 Å². The molecule has 0 aliphatic carbocycles. The van der Waals surface area contributed by atoms with Crippen molar-refractivity contribution in [1.29, 1.82) is 0 Å². The number of hydrogen-bond acceptors (Lipinski definition) is 3. The molecule has 0 radical (unpaired) electrons. The molecule has 0 aromatic heterocycles. The van der Waals surface area contributed by atoms with E-state index in [1.807, 2.05) is 24.3 Å². The summed E-state index contributed by atoms with van der Waals surface area (Å²) in [4.78, 5) is 26.0. The third kappa shape index (κ3) is 5.47. The molecule has 0 aliphatic heterocycles. The van der Waals surface area contributed by atoms with Crippen LogP contribution in [0.25, 0.3) is 0 Å². The van der Waals surface area contributed by atoms with Crippen LogP contribution in [0.15, 0.2) is 42.5 Å². The summed E-state index contributed by atoms with van der Waals surface area (Å²) in [6, 6.07) is 12.8. The number of benzene rings is 2. The van der Waals surface area contributed by atoms with Crippen LogP contribution in [0, 0.1) is 0 Å². The standard InChI is InChI=1S/C21H25ClN2O3/c1-14(2)17-7-5-6-8-19(17)23-21(26)11-12-24(15(3)25)16-9-10-20(27-4)18(22)13-16/h5-10,13-14H,11-12H2,1-4H3,(H,23,26). The molecule has 0 saturated carbocycles. The maximum absolute atomic E-state index is 12.4. The summed E-state index contributed by atoms with van der Waals surface area (Å²) in [5.41, 5.74) is 2.51. The lowest BCUT2D eigenvalue weighted by Gasteiger charge is -2.22. The molecule has 2 aromatic rings. The Kier molecular flexibility index (Phi) is 7.25. The van der Waals surface area contributed by atoms with Crippen LogP contribution < -0.4 is 15.0 Å². The molecule has 6 heteroatoms. The number of halogens is 1. The van der Waals surface area contributed by atoms with Crippen molar-refractivity contribution in [3.05, 3.63) is 53.1 Å². The highest BCUT2D eigenvalue weighted by atomic mass is 35.5. The molecular formula is C21H25ClN2O3. The fourth-order valence-electron chi connectivity index (χ4n) is 2.83. The van der Waals surface area contributed by atoms with Crippen LogP contribution >= 0.6 is 11.6 Å². The van der Waals surface area contributed by atoms with Crippen LogP contribution in [0.5, 0.6) is 5.75 Å². The average Bonchev–Trinajstić information content (AvgIpc) is 2.62. The number of para-hydroxylation sites is 1. The lowest BCUT2D eigenvalue weighted by atomic mass is 10.0. The van der Waals surface area contributed by atoms with Gasteiger partial charge >= 0.3 is 0 Å². The maximum Gasteiger partial charge on any atom is 0.226 e. The van der Waals surface area contributed by atoms with E-state index in [4.69, 9.17) is 16.3 Å². The van der Waals surface area contributed by atoms with Gasteiger partial charge in [0.2, 0.25) is 11.8 Å². The molecule has 2 aromatic carbocycles. The van der Waals surface area contributed by atoms with Crippen molar-refractivity contribution in [1.82, 2.24) is 0 Å². The Balaban J connectivity index is 2.07. The molecule has 144 valence electrons. The molecule has 2 rings (SSSR count). The Morgan fingerprint density at radius 1 is 1.19 bits per heavy atom. The monoisotopic (exact) mass is 388 g/mol. The quantitative estimate of drug-likeness (QED) is 0.737. The predicted octanol–water partition coefficient (Wildman–Crippen LogP) is 4.85. The first-order valence-electron chi connectivity index (χ1n) is 8.84. The minimum atomic E-state index is -0.161. The van der Waals surface area contributed by atoms with E-state index in [1.165, 1.54) is 18.9 Å². The van der Waals surface area contributed by atoms with E-state index in [9.17, 15) is 9.59 Å². The van der Waals surface area contributed by atoms with Gasteiger partial charge in [-0.25, -0.2) is 0 Å². The lowest BCUT2D eigenvalue weighted by Crippen LogP contribution is -2.32. The summed E-state index contributed by atoms with van der Waals surface area (Å²) in [6.07, 6.45) is 0.176. The second kappa shape index (κ2) is 9.42. The normalized spacial score (nSPS) is 10.6. The Labute approximate surface area is 165 Å². The first-order valence-corrected chi connectivity index (χ1v) is 9.21. The van der Waals surface area contributed by atoms with Crippen LogP contribution in [0.1, 0.15) is 38.7 Å². The van der Waals surface area contributed by atoms with Crippen LogP contribution in [-0.2, 0) is 9.59 Å². The largest absolute Gasteiger partial charge is 0.495 e. The average molecular weight is 389 g/mol. The number of carbonyl (C=O) groups is 2. The summed E-state index contributed by atoms with van der Waals surface area (Å²) in [5, 5.41) is 3.36. The van der Waals surface area contributed by atoms with E-state index in [2.05, 4.69) is 19.2 Å². The number of hydrogen-bond donors (Lipinski definition) is 1. The summed E-state index contributed by atoms with van der Waals surface area (Å²) in [5.74, 6) is 0.532. The van der Waals surface area contributed by atoms with E-state index in [0.717, 1.165) is 11.3 Å². The van der Waals surface area contributed by atoms with Crippen molar-refractivity contribution in [2.24, 2.45) is 0 Å². The van der Waals surface area contributed by atoms with Crippen molar-refractivity contribution in [2.45, 2.75) is 33.1 Å². The molecule has 0 aliphatic rings. The molecule has 5 nitrogen and oxygen atoms in total. The van der Waals surface area contributed by atoms with Crippen molar-refractivity contribution >= 4 is 34.8 Å². The molecule has 0 unspecified atom stereocenters. The number of carbonyl (C=O) groups excluding carboxylic acids is 2. The highest BCUT2D eigenvalue weighted by Crippen LogP contribution is 2.29. The molecule has 0 fully saturated rings. The second-order valence-corrected chi connectivity index (χ2v) is 6.94. The Bertz CT molecular complexity index is 821. The number of ether oxygens (including phenoxy) is 1. The maximum atomic E-state index is 12.4. The fourth-order valence-corrected chi connectivity index (χ4v) is 3.08. The van der Waals surface area contributed by atoms with Crippen molar-refractivity contribution in [2.75, 3.05) is 23.9 Å². The first kappa shape index (κ1) is 20.8. The van der Waals surface area contributed by atoms with E-state index in [1.54, 1.807) is 18.2 Å². The summed E-state index contributed by atoms with van der Waals surface area (Å²) in [6.45, 7) is 5.88. The van der Waals surface area contributed by atoms with Gasteiger partial charge in [-0.15, -0.1) is 0 Å². The highest BCUT2D eigenvalue weighted by Gasteiger charge is 2.16. The van der Waals surface area contributed by atoms with Gasteiger partial charge in [-0.3, -0.25) is 9.59 Å². The molecule has 0 heterocycles. The zero-order valence-electron chi connectivity index (χ0n) is 16.1. The van der Waals surface area contributed by atoms with Gasteiger partial charge in [0, 0.05) is 31.3 Å². The smallest absolute Gasteiger partial charge is 0.226 e. The van der Waals surface area contributed by atoms with Crippen molar-refractivity contribution < 1.29 is 14.3 Å². The summed E-state index contributed by atoms with van der Waals surface area (Å²) >= 11 is 6.15. The molecule has 0 spiro atoms. The molecule has 27 heavy (non-hydrogen) atoms. The lowest BCUT2D eigenvalue weighted by molar-refractivity contribution is -0.117. The summed E-state index contributed by atoms with van der Waals surface area (Å²) < 4.78 is 5.14. The SMILES string of the molecule is COc1ccc(N(CCC(=O)Nc2ccccc2C(C)C)C(C)=O)cc1Cl. The summed E-state index contributed by atoms with van der Waals surface area (Å²) in [7, 11) is 1.53. The third-order valence-corrected chi connectivity index (χ3v) is 4.54. The number of amides is 2. The highest BCUT2D eigenvalue weighted by molar-refractivity contribution is 6.32. The number of anilines is 2. The van der Waals surface area contributed by atoms with Crippen LogP contribution in [-0.4, -0.2) is 25.5 Å². The number of nitrogens with zero attached hydrogens (tertiary/aromatic N) is 1. The van der Waals surface area contributed by atoms with Gasteiger partial charge in [0.25, 0.3) is 0 Å². The number of methoxy groups -OCH3 is 1. The molecule has 1 N–H and O–H groups in total. The predicted molar refractivity (Wildman–Crippen MR) is 110 cm³/mol. The Morgan fingerprint density at radius 3 is 2.48 bits per heavy atom. The van der Waals surface area contributed by atoms with Gasteiger partial charge in [0.1, 0.15) is 5.75 Å². The van der Waals surface area contributed by atoms with Gasteiger partial charge < -0.3 is 15.0 Å². The number of nitrogens with one attached hydrogen (secondary N) is 1. The molecule has 0 bridgehead atoms. The Hall–Kier alpha value is -2.53. The van der Waals surface area contributed by atoms with Crippen molar-refractivity contribution in [3.63, 3.8) is 0 Å². The first-order chi connectivity index (χ1) is 12.8. The Morgan fingerprint density at radius 2 is 1.89 bits per heavy atom. The fraction of sp³-hybridized carbons (Fsp3) is 0.333. The second-order valence-electron chi connectivity index (χ2n) is 6.53. The minimum Gasteiger partial charge on any atom is -0.495 e. The van der Waals surface area contributed by atoms with Gasteiger partial charge in [-0.2, -0.15) is 0 Å². The van der Waals surface area contributed by atoms with E-state index < -0.39 is 0 Å². The van der Waals surface area contributed by atoms with Crippen LogP contribution in [0.4, 0.5) is 11.4 Å². The molecule has 0 atom stereocenters. The zero-order valence-corrected chi connectivity index (χ0v) is 16.8. The molecule has 0 saturated heterocycles. The van der Waals surface area contributed by atoms with E-state index in [-0.39, 0.29) is 24.8 Å². The molecule has 2 amide bonds. The zero-order chi connectivity index (χ0) is 20.0. The van der Waals surface area contributed by atoms with Gasteiger partial charge in [-0.05, 0) is 35.7 Å². The van der Waals surface area contributed by atoms with E-state index >= 15 is 0 Å². The number of rotatable bonds is 7. The van der Waals surface area contributed by atoms with Gasteiger partial charge in [0.15, 0.2) is 0 Å². The van der Waals surface area contributed by atoms with Gasteiger partial charge in [-0.1, -0.05) is 43.6 Å². The van der Waals surface area contributed by atoms with Gasteiger partial charge in [0.05, 0.1) is 12.1 Å². The minimum absolute atomic E-state index is 0.144. The van der Waals surface area contributed by atoms with E-state index in [0.29, 0.717) is 22.4 Å². The third-order valence-electron chi connectivity index (χ3n) is 4.25. The van der Waals surface area contributed by atoms with Crippen molar-refractivity contribution in [3.8, 4) is 5.75 Å². The topological polar surface area (TPSA) is 58.6 Å².